The molecule has 0 unspecified atom stereocenters. The number of anilines is 1. The van der Waals surface area contributed by atoms with Gasteiger partial charge < -0.3 is 19.8 Å². The summed E-state index contributed by atoms with van der Waals surface area (Å²) < 4.78 is 31.6. The summed E-state index contributed by atoms with van der Waals surface area (Å²) in [6.45, 7) is 0.158. The molecule has 28 heavy (non-hydrogen) atoms. The second kappa shape index (κ2) is 9.07. The van der Waals surface area contributed by atoms with Crippen LogP contribution in [-0.4, -0.2) is 55.2 Å². The maximum atomic E-state index is 14.7. The molecular formula is C18H19F2N5O3. The van der Waals surface area contributed by atoms with Crippen molar-refractivity contribution in [2.75, 3.05) is 38.3 Å². The number of halogens is 2. The third kappa shape index (κ3) is 4.51. The first-order valence-corrected chi connectivity index (χ1v) is 8.55. The van der Waals surface area contributed by atoms with Crippen LogP contribution in [0.5, 0.6) is 0 Å². The van der Waals surface area contributed by atoms with Crippen LogP contribution in [0, 0.1) is 5.82 Å². The predicted molar refractivity (Wildman–Crippen MR) is 98.2 cm³/mol. The molecule has 0 saturated carbocycles. The average molecular weight is 391 g/mol. The summed E-state index contributed by atoms with van der Waals surface area (Å²) in [5.41, 5.74) is 1.84. The highest BCUT2D eigenvalue weighted by atomic mass is 19.1. The Bertz CT molecular complexity index is 853. The highest BCUT2D eigenvalue weighted by molar-refractivity contribution is 5.98. The van der Waals surface area contributed by atoms with E-state index in [0.717, 1.165) is 5.71 Å². The summed E-state index contributed by atoms with van der Waals surface area (Å²) in [7, 11) is 1.43. The van der Waals surface area contributed by atoms with E-state index in [-0.39, 0.29) is 18.8 Å². The number of ether oxygens (including phenoxy) is 1. The van der Waals surface area contributed by atoms with E-state index < -0.39 is 18.6 Å². The number of hydrogen-bond donors (Lipinski definition) is 1. The van der Waals surface area contributed by atoms with Crippen LogP contribution in [-0.2, 0) is 16.2 Å². The van der Waals surface area contributed by atoms with Gasteiger partial charge in [-0.15, -0.1) is 0 Å². The zero-order valence-corrected chi connectivity index (χ0v) is 15.2. The van der Waals surface area contributed by atoms with Crippen LogP contribution in [0.25, 0.3) is 11.1 Å². The van der Waals surface area contributed by atoms with E-state index in [4.69, 9.17) is 9.57 Å². The number of carbonyl (C=O) groups excluding carboxylic acids is 1. The van der Waals surface area contributed by atoms with Gasteiger partial charge in [0.15, 0.2) is 0 Å². The quantitative estimate of drug-likeness (QED) is 0.576. The number of nitrogens with zero attached hydrogens (tertiary/aromatic N) is 4. The number of benzene rings is 1. The summed E-state index contributed by atoms with van der Waals surface area (Å²) in [5, 5.41) is 6.11. The van der Waals surface area contributed by atoms with Gasteiger partial charge in [-0.1, -0.05) is 23.4 Å². The van der Waals surface area contributed by atoms with Crippen LogP contribution in [0.2, 0.25) is 0 Å². The number of rotatable bonds is 7. The van der Waals surface area contributed by atoms with Gasteiger partial charge in [-0.25, -0.2) is 23.5 Å². The van der Waals surface area contributed by atoms with Crippen LogP contribution in [0.1, 0.15) is 5.56 Å². The van der Waals surface area contributed by atoms with Gasteiger partial charge in [0, 0.05) is 36.1 Å². The van der Waals surface area contributed by atoms with E-state index in [2.05, 4.69) is 20.4 Å². The molecule has 1 aromatic heterocycles. The zero-order valence-electron chi connectivity index (χ0n) is 15.2. The minimum Gasteiger partial charge on any atom is -0.445 e. The van der Waals surface area contributed by atoms with E-state index in [1.54, 1.807) is 18.2 Å². The number of amides is 1. The first-order valence-electron chi connectivity index (χ1n) is 8.55. The fraction of sp³-hybridized carbons (Fsp3) is 0.333. The van der Waals surface area contributed by atoms with Crippen LogP contribution >= 0.6 is 0 Å². The lowest BCUT2D eigenvalue weighted by molar-refractivity contribution is 0.126. The molecule has 1 N–H and O–H groups in total. The van der Waals surface area contributed by atoms with E-state index in [9.17, 15) is 13.6 Å². The molecule has 1 fully saturated rings. The normalized spacial score (nSPS) is 13.0. The molecule has 1 saturated heterocycles. The molecule has 10 heteroatoms. The number of alkyl carbamates (subject to hydrolysis) is 1. The van der Waals surface area contributed by atoms with Gasteiger partial charge in [-0.3, -0.25) is 0 Å². The Morgan fingerprint density at radius 2 is 2.07 bits per heavy atom. The molecule has 0 atom stereocenters. The largest absolute Gasteiger partial charge is 0.445 e. The number of carbonyl (C=O) groups is 1. The maximum absolute atomic E-state index is 14.7. The summed E-state index contributed by atoms with van der Waals surface area (Å²) in [5.74, 6) is -0.0150. The van der Waals surface area contributed by atoms with Gasteiger partial charge in [0.2, 0.25) is 5.95 Å². The van der Waals surface area contributed by atoms with Gasteiger partial charge in [0.05, 0.1) is 18.8 Å². The first kappa shape index (κ1) is 19.5. The van der Waals surface area contributed by atoms with Crippen LogP contribution in [0.15, 0.2) is 35.7 Å². The smallest absolute Gasteiger partial charge is 0.407 e. The topological polar surface area (TPSA) is 88.9 Å². The van der Waals surface area contributed by atoms with Crippen LogP contribution in [0.3, 0.4) is 0 Å². The summed E-state index contributed by atoms with van der Waals surface area (Å²) >= 11 is 0. The molecule has 0 aliphatic carbocycles. The van der Waals surface area contributed by atoms with E-state index in [1.807, 2.05) is 4.90 Å². The Morgan fingerprint density at radius 1 is 1.32 bits per heavy atom. The summed E-state index contributed by atoms with van der Waals surface area (Å²) in [6.07, 6.45) is 2.42. The van der Waals surface area contributed by atoms with Gasteiger partial charge in [-0.2, -0.15) is 0 Å². The number of hydrogen-bond acceptors (Lipinski definition) is 7. The minimum atomic E-state index is -0.634. The fourth-order valence-corrected chi connectivity index (χ4v) is 2.52. The molecule has 1 amide bonds. The van der Waals surface area contributed by atoms with Crippen LogP contribution < -0.4 is 10.2 Å². The Labute approximate surface area is 160 Å². The van der Waals surface area contributed by atoms with Gasteiger partial charge >= 0.3 is 6.09 Å². The Balaban J connectivity index is 1.66. The Hall–Kier alpha value is -3.30. The highest BCUT2D eigenvalue weighted by Gasteiger charge is 2.25. The lowest BCUT2D eigenvalue weighted by Crippen LogP contribution is -2.48. The molecule has 1 aliphatic rings. The molecule has 1 aromatic carbocycles. The molecule has 1 aliphatic heterocycles. The lowest BCUT2D eigenvalue weighted by Gasteiger charge is -2.31. The second-order valence-electron chi connectivity index (χ2n) is 5.91. The standard InChI is InChI=1S/C18H19F2N5O3/c1-21-18(26)27-11-12-3-2-4-15(16(12)20)13-7-22-17(23-8-13)25-9-14(10-25)24-28-6-5-19/h2-4,7-8H,5-6,9-11H2,1H3,(H,21,26). The minimum absolute atomic E-state index is 0.0620. The number of aromatic nitrogens is 2. The third-order valence-corrected chi connectivity index (χ3v) is 3.98. The van der Waals surface area contributed by atoms with Crippen molar-refractivity contribution in [1.82, 2.24) is 15.3 Å². The SMILES string of the molecule is CNC(=O)OCc1cccc(-c2cnc(N3CC(=NOCCF)C3)nc2)c1F. The second-order valence-corrected chi connectivity index (χ2v) is 5.91. The average Bonchev–Trinajstić information content (AvgIpc) is 2.69. The van der Waals surface area contributed by atoms with E-state index >= 15 is 0 Å². The summed E-state index contributed by atoms with van der Waals surface area (Å²) in [6, 6.07) is 4.82. The number of nitrogens with one attached hydrogen (secondary N) is 1. The van der Waals surface area contributed by atoms with Gasteiger partial charge in [-0.05, 0) is 0 Å². The Morgan fingerprint density at radius 3 is 2.75 bits per heavy atom. The zero-order chi connectivity index (χ0) is 19.9. The molecule has 0 radical (unpaired) electrons. The number of alkyl halides is 1. The molecular weight excluding hydrogens is 372 g/mol. The predicted octanol–water partition coefficient (Wildman–Crippen LogP) is 2.30. The third-order valence-electron chi connectivity index (χ3n) is 3.98. The van der Waals surface area contributed by atoms with Crippen molar-refractivity contribution in [3.8, 4) is 11.1 Å². The van der Waals surface area contributed by atoms with Crippen molar-refractivity contribution in [3.05, 3.63) is 42.0 Å². The molecule has 0 spiro atoms. The van der Waals surface area contributed by atoms with Crippen molar-refractivity contribution in [3.63, 3.8) is 0 Å². The maximum Gasteiger partial charge on any atom is 0.407 e. The van der Waals surface area contributed by atoms with Crippen molar-refractivity contribution in [1.29, 1.82) is 0 Å². The summed E-state index contributed by atoms with van der Waals surface area (Å²) in [4.78, 5) is 26.3. The molecule has 0 bridgehead atoms. The van der Waals surface area contributed by atoms with Gasteiger partial charge in [0.25, 0.3) is 0 Å². The fourth-order valence-electron chi connectivity index (χ4n) is 2.52. The van der Waals surface area contributed by atoms with E-state index in [0.29, 0.717) is 30.2 Å². The molecule has 148 valence electrons. The molecule has 3 rings (SSSR count). The monoisotopic (exact) mass is 391 g/mol. The molecule has 2 heterocycles. The van der Waals surface area contributed by atoms with Crippen LogP contribution in [0.4, 0.5) is 19.5 Å². The molecule has 8 nitrogen and oxygen atoms in total. The van der Waals surface area contributed by atoms with Crippen molar-refractivity contribution in [2.24, 2.45) is 5.16 Å². The Kier molecular flexibility index (Phi) is 6.30. The van der Waals surface area contributed by atoms with Crippen molar-refractivity contribution >= 4 is 17.8 Å². The molecule has 2 aromatic rings. The lowest BCUT2D eigenvalue weighted by atomic mass is 10.1. The van der Waals surface area contributed by atoms with E-state index in [1.165, 1.54) is 19.4 Å². The highest BCUT2D eigenvalue weighted by Crippen LogP contribution is 2.25. The van der Waals surface area contributed by atoms with Crippen molar-refractivity contribution < 1.29 is 23.1 Å². The van der Waals surface area contributed by atoms with Gasteiger partial charge in [0.1, 0.15) is 25.7 Å². The number of oxime groups is 1. The first-order chi connectivity index (χ1) is 13.6. The van der Waals surface area contributed by atoms with Crippen molar-refractivity contribution in [2.45, 2.75) is 6.61 Å².